The standard InChI is InChI=1S/C24H22F3N3O2.C2H6/c25-15-3-1-13(2-4-15)22-21(17-10-16(26)11-18(27)23(17)30-22)14-7-12(8-14)9-20(31)29-19-5-6-28-24(19)32;1-2/h1-4,10-12,14,19,30H,5-9H2,(H,28,32)(H,29,31);1-2H3. The number of halogens is 3. The summed E-state index contributed by atoms with van der Waals surface area (Å²) in [7, 11) is 0. The molecule has 34 heavy (non-hydrogen) atoms. The Bertz CT molecular complexity index is 1200. The van der Waals surface area contributed by atoms with Crippen molar-refractivity contribution in [2.45, 2.75) is 51.5 Å². The minimum Gasteiger partial charge on any atom is -0.354 e. The van der Waals surface area contributed by atoms with Gasteiger partial charge in [-0.3, -0.25) is 9.59 Å². The van der Waals surface area contributed by atoms with Crippen molar-refractivity contribution in [1.82, 2.24) is 15.6 Å². The number of hydrogen-bond acceptors (Lipinski definition) is 2. The van der Waals surface area contributed by atoms with Crippen LogP contribution in [0.4, 0.5) is 13.2 Å². The zero-order chi connectivity index (χ0) is 24.4. The monoisotopic (exact) mass is 471 g/mol. The average molecular weight is 472 g/mol. The lowest BCUT2D eigenvalue weighted by molar-refractivity contribution is -0.128. The molecule has 2 aromatic carbocycles. The number of amides is 2. The van der Waals surface area contributed by atoms with Crippen LogP contribution in [0.3, 0.4) is 0 Å². The van der Waals surface area contributed by atoms with Gasteiger partial charge in [-0.1, -0.05) is 13.8 Å². The zero-order valence-electron chi connectivity index (χ0n) is 19.2. The van der Waals surface area contributed by atoms with Crippen molar-refractivity contribution < 1.29 is 22.8 Å². The summed E-state index contributed by atoms with van der Waals surface area (Å²) in [6.07, 6.45) is 2.26. The van der Waals surface area contributed by atoms with Crippen molar-refractivity contribution in [3.05, 3.63) is 59.4 Å². The van der Waals surface area contributed by atoms with E-state index in [1.807, 2.05) is 13.8 Å². The number of rotatable bonds is 5. The SMILES string of the molecule is CC.O=C(CC1CC(c2c(-c3ccc(F)cc3)[nH]c3c(F)cc(F)cc23)C1)NC1CCNC1=O. The van der Waals surface area contributed by atoms with Gasteiger partial charge in [-0.25, -0.2) is 13.2 Å². The Kier molecular flexibility index (Phi) is 6.95. The van der Waals surface area contributed by atoms with E-state index in [0.717, 1.165) is 11.6 Å². The third kappa shape index (κ3) is 4.67. The van der Waals surface area contributed by atoms with Crippen LogP contribution in [-0.2, 0) is 9.59 Å². The Morgan fingerprint density at radius 2 is 1.76 bits per heavy atom. The van der Waals surface area contributed by atoms with Crippen molar-refractivity contribution in [3.8, 4) is 11.3 Å². The molecule has 2 aliphatic rings. The largest absolute Gasteiger partial charge is 0.354 e. The topological polar surface area (TPSA) is 74.0 Å². The maximum atomic E-state index is 14.5. The Balaban J connectivity index is 0.00000133. The highest BCUT2D eigenvalue weighted by molar-refractivity contribution is 5.92. The Hall–Kier alpha value is -3.29. The van der Waals surface area contributed by atoms with E-state index in [2.05, 4.69) is 15.6 Å². The van der Waals surface area contributed by atoms with Crippen LogP contribution in [0.2, 0.25) is 0 Å². The zero-order valence-corrected chi connectivity index (χ0v) is 19.2. The molecule has 1 saturated heterocycles. The van der Waals surface area contributed by atoms with E-state index in [0.29, 0.717) is 48.9 Å². The summed E-state index contributed by atoms with van der Waals surface area (Å²) in [5.74, 6) is -1.91. The van der Waals surface area contributed by atoms with Crippen LogP contribution in [-0.4, -0.2) is 29.4 Å². The summed E-state index contributed by atoms with van der Waals surface area (Å²) in [5, 5.41) is 5.93. The molecule has 1 saturated carbocycles. The van der Waals surface area contributed by atoms with Crippen molar-refractivity contribution >= 4 is 22.7 Å². The molecule has 3 aromatic rings. The van der Waals surface area contributed by atoms with Gasteiger partial charge >= 0.3 is 0 Å². The maximum Gasteiger partial charge on any atom is 0.242 e. The fourth-order valence-corrected chi connectivity index (χ4v) is 4.89. The molecule has 1 aliphatic carbocycles. The van der Waals surface area contributed by atoms with Crippen LogP contribution in [0, 0.1) is 23.4 Å². The molecular weight excluding hydrogens is 443 g/mol. The van der Waals surface area contributed by atoms with Gasteiger partial charge in [-0.2, -0.15) is 0 Å². The highest BCUT2D eigenvalue weighted by Gasteiger charge is 2.36. The number of carbonyl (C=O) groups is 2. The van der Waals surface area contributed by atoms with E-state index in [-0.39, 0.29) is 35.0 Å². The maximum absolute atomic E-state index is 14.5. The van der Waals surface area contributed by atoms with E-state index >= 15 is 0 Å². The minimum atomic E-state index is -0.681. The third-order valence-electron chi connectivity index (χ3n) is 6.50. The van der Waals surface area contributed by atoms with Gasteiger partial charge in [0.15, 0.2) is 0 Å². The number of fused-ring (bicyclic) bond motifs is 1. The molecule has 2 fully saturated rings. The van der Waals surface area contributed by atoms with Gasteiger partial charge < -0.3 is 15.6 Å². The van der Waals surface area contributed by atoms with E-state index in [4.69, 9.17) is 0 Å². The number of aromatic nitrogens is 1. The first-order valence-electron chi connectivity index (χ1n) is 11.7. The van der Waals surface area contributed by atoms with Gasteiger partial charge in [-0.05, 0) is 72.6 Å². The van der Waals surface area contributed by atoms with Gasteiger partial charge in [0.25, 0.3) is 0 Å². The molecule has 0 spiro atoms. The Morgan fingerprint density at radius 3 is 2.41 bits per heavy atom. The number of nitrogens with one attached hydrogen (secondary N) is 3. The molecule has 2 heterocycles. The Labute approximate surface area is 196 Å². The van der Waals surface area contributed by atoms with Crippen LogP contribution in [0.1, 0.15) is 51.0 Å². The van der Waals surface area contributed by atoms with E-state index < -0.39 is 17.7 Å². The third-order valence-corrected chi connectivity index (χ3v) is 6.50. The van der Waals surface area contributed by atoms with Gasteiger partial charge in [0, 0.05) is 24.4 Å². The predicted molar refractivity (Wildman–Crippen MR) is 125 cm³/mol. The second-order valence-electron chi connectivity index (χ2n) is 8.67. The molecule has 5 nitrogen and oxygen atoms in total. The number of carbonyl (C=O) groups excluding carboxylic acids is 2. The summed E-state index contributed by atoms with van der Waals surface area (Å²) in [6.45, 7) is 4.56. The van der Waals surface area contributed by atoms with E-state index in [1.54, 1.807) is 12.1 Å². The predicted octanol–water partition coefficient (Wildman–Crippen LogP) is 5.17. The summed E-state index contributed by atoms with van der Waals surface area (Å²) < 4.78 is 41.9. The fourth-order valence-electron chi connectivity index (χ4n) is 4.89. The molecule has 1 aromatic heterocycles. The van der Waals surface area contributed by atoms with Crippen LogP contribution in [0.25, 0.3) is 22.2 Å². The number of aromatic amines is 1. The second-order valence-corrected chi connectivity index (χ2v) is 8.67. The molecular formula is C26H28F3N3O2. The van der Waals surface area contributed by atoms with Gasteiger partial charge in [-0.15, -0.1) is 0 Å². The molecule has 1 atom stereocenters. The summed E-state index contributed by atoms with van der Waals surface area (Å²) in [5.41, 5.74) is 2.33. The minimum absolute atomic E-state index is 0.0117. The smallest absolute Gasteiger partial charge is 0.242 e. The summed E-state index contributed by atoms with van der Waals surface area (Å²) >= 11 is 0. The lowest BCUT2D eigenvalue weighted by Gasteiger charge is -2.36. The average Bonchev–Trinajstić information content (AvgIpc) is 3.36. The van der Waals surface area contributed by atoms with Crippen molar-refractivity contribution in [2.24, 2.45) is 5.92 Å². The number of hydrogen-bond donors (Lipinski definition) is 3. The molecule has 0 radical (unpaired) electrons. The quantitative estimate of drug-likeness (QED) is 0.481. The second kappa shape index (κ2) is 9.91. The molecule has 8 heteroatoms. The van der Waals surface area contributed by atoms with Crippen LogP contribution >= 0.6 is 0 Å². The molecule has 3 N–H and O–H groups in total. The molecule has 180 valence electrons. The number of benzene rings is 2. The lowest BCUT2D eigenvalue weighted by Crippen LogP contribution is -2.41. The molecule has 1 aliphatic heterocycles. The first-order valence-corrected chi connectivity index (χ1v) is 11.7. The lowest BCUT2D eigenvalue weighted by atomic mass is 9.69. The molecule has 0 bridgehead atoms. The van der Waals surface area contributed by atoms with E-state index in [1.165, 1.54) is 18.2 Å². The van der Waals surface area contributed by atoms with E-state index in [9.17, 15) is 22.8 Å². The van der Waals surface area contributed by atoms with Crippen LogP contribution in [0.15, 0.2) is 36.4 Å². The first kappa shape index (κ1) is 23.9. The van der Waals surface area contributed by atoms with Crippen molar-refractivity contribution in [1.29, 1.82) is 0 Å². The summed E-state index contributed by atoms with van der Waals surface area (Å²) in [4.78, 5) is 27.0. The molecule has 2 amide bonds. The van der Waals surface area contributed by atoms with Gasteiger partial charge in [0.05, 0.1) is 11.2 Å². The highest BCUT2D eigenvalue weighted by Crippen LogP contribution is 2.49. The van der Waals surface area contributed by atoms with Crippen molar-refractivity contribution in [2.75, 3.05) is 6.54 Å². The van der Waals surface area contributed by atoms with Gasteiger partial charge in [0.2, 0.25) is 11.8 Å². The Morgan fingerprint density at radius 1 is 1.06 bits per heavy atom. The number of H-pyrrole nitrogens is 1. The van der Waals surface area contributed by atoms with Crippen molar-refractivity contribution in [3.63, 3.8) is 0 Å². The van der Waals surface area contributed by atoms with Crippen LogP contribution in [0.5, 0.6) is 0 Å². The normalized spacial score (nSPS) is 21.4. The molecule has 1 unspecified atom stereocenters. The fraction of sp³-hybridized carbons (Fsp3) is 0.385. The van der Waals surface area contributed by atoms with Gasteiger partial charge in [0.1, 0.15) is 23.5 Å². The molecule has 5 rings (SSSR count). The van der Waals surface area contributed by atoms with Crippen LogP contribution < -0.4 is 10.6 Å². The summed E-state index contributed by atoms with van der Waals surface area (Å²) in [6, 6.07) is 7.55. The highest BCUT2D eigenvalue weighted by atomic mass is 19.1. The first-order chi connectivity index (χ1) is 16.4.